The summed E-state index contributed by atoms with van der Waals surface area (Å²) in [6.45, 7) is 0. The molecule has 2 nitrogen and oxygen atoms in total. The first-order chi connectivity index (χ1) is 5.33. The zero-order chi connectivity index (χ0) is 8.10. The Morgan fingerprint density at radius 3 is 2.82 bits per heavy atom. The lowest BCUT2D eigenvalue weighted by atomic mass is 10.2. The fourth-order valence-corrected chi connectivity index (χ4v) is 0.684. The molecule has 11 heavy (non-hydrogen) atoms. The summed E-state index contributed by atoms with van der Waals surface area (Å²) in [7, 11) is 0. The topological polar surface area (TPSA) is 44.0 Å². The molecule has 0 atom stereocenters. The average molecular weight is 143 g/mol. The van der Waals surface area contributed by atoms with Gasteiger partial charge < -0.3 is 5.11 Å². The molecule has 0 amide bonds. The van der Waals surface area contributed by atoms with Gasteiger partial charge in [-0.05, 0) is 18.2 Å². The number of aromatic hydroxyl groups is 1. The molecule has 0 aromatic heterocycles. The molecule has 0 saturated heterocycles. The van der Waals surface area contributed by atoms with Gasteiger partial charge in [0.05, 0.1) is 0 Å². The van der Waals surface area contributed by atoms with E-state index >= 15 is 0 Å². The van der Waals surface area contributed by atoms with E-state index in [1.165, 1.54) is 6.07 Å². The summed E-state index contributed by atoms with van der Waals surface area (Å²) in [6.07, 6.45) is 0. The Hall–Kier alpha value is -1.93. The molecule has 0 fully saturated rings. The summed E-state index contributed by atoms with van der Waals surface area (Å²) in [5.74, 6) is 4.96. The van der Waals surface area contributed by atoms with Crippen LogP contribution in [0.15, 0.2) is 24.3 Å². The molecule has 1 N–H and O–H groups in total. The van der Waals surface area contributed by atoms with Crippen molar-refractivity contribution in [1.82, 2.24) is 0 Å². The van der Waals surface area contributed by atoms with Gasteiger partial charge >= 0.3 is 0 Å². The monoisotopic (exact) mass is 143 g/mol. The van der Waals surface area contributed by atoms with E-state index in [-0.39, 0.29) is 5.75 Å². The first-order valence-electron chi connectivity index (χ1n) is 3.02. The van der Waals surface area contributed by atoms with Crippen LogP contribution in [-0.2, 0) is 0 Å². The third-order valence-electron chi connectivity index (χ3n) is 1.11. The van der Waals surface area contributed by atoms with Gasteiger partial charge in [0.15, 0.2) is 6.07 Å². The van der Waals surface area contributed by atoms with Gasteiger partial charge in [-0.3, -0.25) is 0 Å². The van der Waals surface area contributed by atoms with Gasteiger partial charge in [-0.1, -0.05) is 12.0 Å². The van der Waals surface area contributed by atoms with E-state index in [2.05, 4.69) is 11.8 Å². The maximum atomic E-state index is 8.96. The van der Waals surface area contributed by atoms with Gasteiger partial charge in [-0.15, -0.1) is 0 Å². The highest BCUT2D eigenvalue weighted by Crippen LogP contribution is 2.08. The van der Waals surface area contributed by atoms with E-state index in [0.717, 1.165) is 0 Å². The molecule has 0 saturated carbocycles. The number of nitrogens with zero attached hydrogens (tertiary/aromatic N) is 1. The summed E-state index contributed by atoms with van der Waals surface area (Å²) >= 11 is 0. The highest BCUT2D eigenvalue weighted by Gasteiger charge is 1.87. The van der Waals surface area contributed by atoms with Crippen molar-refractivity contribution >= 4 is 0 Å². The molecule has 0 spiro atoms. The van der Waals surface area contributed by atoms with Gasteiger partial charge in [0.2, 0.25) is 0 Å². The Bertz CT molecular complexity index is 352. The van der Waals surface area contributed by atoms with Crippen molar-refractivity contribution in [3.8, 4) is 23.7 Å². The quantitative estimate of drug-likeness (QED) is 0.556. The molecule has 0 aliphatic carbocycles. The Morgan fingerprint density at radius 2 is 2.18 bits per heavy atom. The molecule has 2 heteroatoms. The zero-order valence-electron chi connectivity index (χ0n) is 5.70. The number of phenolic OH excluding ortho intramolecular Hbond substituents is 1. The lowest BCUT2D eigenvalue weighted by Crippen LogP contribution is -1.71. The molecule has 0 heterocycles. The summed E-state index contributed by atoms with van der Waals surface area (Å²) in [6, 6.07) is 8.15. The molecule has 1 rings (SSSR count). The minimum atomic E-state index is 0.162. The summed E-state index contributed by atoms with van der Waals surface area (Å²) in [4.78, 5) is 0. The van der Waals surface area contributed by atoms with Gasteiger partial charge in [-0.2, -0.15) is 5.26 Å². The van der Waals surface area contributed by atoms with Crippen LogP contribution in [0, 0.1) is 23.2 Å². The van der Waals surface area contributed by atoms with Crippen LogP contribution in [0.25, 0.3) is 0 Å². The van der Waals surface area contributed by atoms with E-state index < -0.39 is 0 Å². The van der Waals surface area contributed by atoms with Crippen LogP contribution in [-0.4, -0.2) is 5.11 Å². The number of hydrogen-bond acceptors (Lipinski definition) is 2. The average Bonchev–Trinajstić information content (AvgIpc) is 2.01. The fraction of sp³-hybridized carbons (Fsp3) is 0. The Kier molecular flexibility index (Phi) is 2.15. The predicted molar refractivity (Wildman–Crippen MR) is 40.6 cm³/mol. The zero-order valence-corrected chi connectivity index (χ0v) is 5.70. The molecule has 0 unspecified atom stereocenters. The molecule has 1 aromatic carbocycles. The molecule has 0 aliphatic heterocycles. The smallest absolute Gasteiger partial charge is 0.152 e. The maximum Gasteiger partial charge on any atom is 0.152 e. The van der Waals surface area contributed by atoms with Crippen LogP contribution >= 0.6 is 0 Å². The van der Waals surface area contributed by atoms with Crippen molar-refractivity contribution in [1.29, 1.82) is 5.26 Å². The number of nitriles is 1. The van der Waals surface area contributed by atoms with Crippen LogP contribution in [0.5, 0.6) is 5.75 Å². The van der Waals surface area contributed by atoms with Crippen molar-refractivity contribution in [2.45, 2.75) is 0 Å². The Morgan fingerprint density at radius 1 is 1.36 bits per heavy atom. The largest absolute Gasteiger partial charge is 0.508 e. The molecule has 0 aliphatic rings. The van der Waals surface area contributed by atoms with Crippen molar-refractivity contribution < 1.29 is 5.11 Å². The number of rotatable bonds is 0. The van der Waals surface area contributed by atoms with Crippen LogP contribution in [0.4, 0.5) is 0 Å². The normalized spacial score (nSPS) is 7.55. The second-order valence-corrected chi connectivity index (χ2v) is 1.91. The molecule has 1 aromatic rings. The van der Waals surface area contributed by atoms with E-state index in [1.807, 2.05) is 0 Å². The highest BCUT2D eigenvalue weighted by atomic mass is 16.3. The van der Waals surface area contributed by atoms with E-state index in [4.69, 9.17) is 10.4 Å². The molecule has 0 radical (unpaired) electrons. The summed E-state index contributed by atoms with van der Waals surface area (Å²) in [5.41, 5.74) is 0.645. The van der Waals surface area contributed by atoms with Crippen LogP contribution in [0.1, 0.15) is 5.56 Å². The van der Waals surface area contributed by atoms with Crippen molar-refractivity contribution in [3.05, 3.63) is 29.8 Å². The van der Waals surface area contributed by atoms with Gasteiger partial charge in [0.1, 0.15) is 5.75 Å². The van der Waals surface area contributed by atoms with Gasteiger partial charge in [-0.25, -0.2) is 0 Å². The predicted octanol–water partition coefficient (Wildman–Crippen LogP) is 1.27. The molecule has 0 bridgehead atoms. The second-order valence-electron chi connectivity index (χ2n) is 1.91. The fourth-order valence-electron chi connectivity index (χ4n) is 0.684. The minimum absolute atomic E-state index is 0.162. The standard InChI is InChI=1S/C9H5NO/c10-6-2-4-8-3-1-5-9(11)7-8/h1,3,5,7,11H. The number of phenols is 1. The van der Waals surface area contributed by atoms with E-state index in [1.54, 1.807) is 24.3 Å². The lowest BCUT2D eigenvalue weighted by Gasteiger charge is -1.89. The first kappa shape index (κ1) is 7.18. The van der Waals surface area contributed by atoms with Crippen LogP contribution in [0.3, 0.4) is 0 Å². The first-order valence-corrected chi connectivity index (χ1v) is 3.02. The summed E-state index contributed by atoms with van der Waals surface area (Å²) < 4.78 is 0. The van der Waals surface area contributed by atoms with Gasteiger partial charge in [0, 0.05) is 11.5 Å². The van der Waals surface area contributed by atoms with Crippen LogP contribution in [0.2, 0.25) is 0 Å². The maximum absolute atomic E-state index is 8.96. The SMILES string of the molecule is N#CC#Cc1cccc(O)c1. The molecule has 52 valence electrons. The molecular weight excluding hydrogens is 138 g/mol. The number of benzene rings is 1. The lowest BCUT2D eigenvalue weighted by molar-refractivity contribution is 0.475. The van der Waals surface area contributed by atoms with Crippen molar-refractivity contribution in [2.75, 3.05) is 0 Å². The Labute approximate surface area is 64.7 Å². The van der Waals surface area contributed by atoms with Gasteiger partial charge in [0.25, 0.3) is 0 Å². The minimum Gasteiger partial charge on any atom is -0.508 e. The third-order valence-corrected chi connectivity index (χ3v) is 1.11. The van der Waals surface area contributed by atoms with Crippen molar-refractivity contribution in [3.63, 3.8) is 0 Å². The van der Waals surface area contributed by atoms with E-state index in [9.17, 15) is 0 Å². The second kappa shape index (κ2) is 3.29. The highest BCUT2D eigenvalue weighted by molar-refractivity contribution is 5.41. The molecular formula is C9H5NO. The van der Waals surface area contributed by atoms with Crippen LogP contribution < -0.4 is 0 Å². The number of hydrogen-bond donors (Lipinski definition) is 1. The Balaban J connectivity index is 2.99. The van der Waals surface area contributed by atoms with E-state index in [0.29, 0.717) is 5.56 Å². The summed E-state index contributed by atoms with van der Waals surface area (Å²) in [5, 5.41) is 17.1. The van der Waals surface area contributed by atoms with Crippen molar-refractivity contribution in [2.24, 2.45) is 0 Å². The third kappa shape index (κ3) is 2.04.